The van der Waals surface area contributed by atoms with E-state index in [9.17, 15) is 15.3 Å². The first-order valence-electron chi connectivity index (χ1n) is 27.6. The standard InChI is InChI=1S/C17H27N5O.C17H25N5O.C10H13ClN4.C7H13NO.C3H6I.2CH4.ClH.V/c2*1-3-7-18-17-19-15-14(6-8-21(15)2)16(20-17)22-11-4-5-12(22)10-13(23)9-11;1-3-5-12-10-13-8(11)7-4-6-15(2)9(7)14-10;9-7-3-5-1-2-6(4-7)8-5;1-3(2)4;;;;/h11-13,23H,3-10H2,1-2H3,(H,18,19,20);6,8,11-13,23H,3-5,7,9-10H2,1-2H3,(H,18,19,20);4,6H,3,5H2,1-2H3,(H,12,13,14);5-9H,1-4H2;1-2H3;2*1H4;1H;/q;;;;-1;;;;. The Morgan fingerprint density at radius 1 is 0.603 bits per heavy atom. The predicted molar refractivity (Wildman–Crippen MR) is 331 cm³/mol. The van der Waals surface area contributed by atoms with Crippen LogP contribution in [0.15, 0.2) is 24.5 Å². The third-order valence-electron chi connectivity index (χ3n) is 15.4. The number of nitrogens with zero attached hydrogens (tertiary/aromatic N) is 11. The van der Waals surface area contributed by atoms with Crippen molar-refractivity contribution in [2.24, 2.45) is 14.1 Å². The van der Waals surface area contributed by atoms with Gasteiger partial charge in [0.1, 0.15) is 33.9 Å². The Balaban J connectivity index is 0.000000224. The van der Waals surface area contributed by atoms with Crippen LogP contribution in [-0.4, -0.2) is 142 Å². The largest absolute Gasteiger partial charge is 0.393 e. The number of hydrogen-bond donors (Lipinski definition) is 7. The fraction of sp³-hybridized carbons (Fsp3) is 0.696. The van der Waals surface area contributed by atoms with Gasteiger partial charge < -0.3 is 83.0 Å². The number of halogens is 3. The summed E-state index contributed by atoms with van der Waals surface area (Å²) in [5.74, 6) is 5.29. The minimum atomic E-state index is -0.158. The Morgan fingerprint density at radius 2 is 0.987 bits per heavy atom. The van der Waals surface area contributed by atoms with E-state index in [4.69, 9.17) is 26.6 Å². The topological polar surface area (TPSA) is 206 Å². The average molecular weight is 1270 g/mol. The Bertz CT molecular complexity index is 2570. The maximum atomic E-state index is 10.1. The predicted octanol–water partition coefficient (Wildman–Crippen LogP) is 10.5. The summed E-state index contributed by atoms with van der Waals surface area (Å²) in [6.07, 6.45) is 20.5. The van der Waals surface area contributed by atoms with Crippen LogP contribution in [-0.2, 0) is 39.1 Å². The summed E-state index contributed by atoms with van der Waals surface area (Å²) in [6, 6.07) is 6.99. The number of likely N-dealkylation sites (N-methyl/N-ethyl adjacent to an activating group) is 1. The smallest absolute Gasteiger partial charge is 0.226 e. The first-order valence-corrected chi connectivity index (χ1v) is 29.1. The van der Waals surface area contributed by atoms with E-state index in [1.54, 1.807) is 0 Å². The molecule has 0 aromatic carbocycles. The van der Waals surface area contributed by atoms with Crippen LogP contribution in [0.2, 0.25) is 5.15 Å². The summed E-state index contributed by atoms with van der Waals surface area (Å²) < 4.78 is 5.37. The van der Waals surface area contributed by atoms with Crippen molar-refractivity contribution in [3.05, 3.63) is 39.2 Å². The Kier molecular flexibility index (Phi) is 27.1. The van der Waals surface area contributed by atoms with Gasteiger partial charge in [-0.1, -0.05) is 47.2 Å². The number of aromatic nitrogens is 8. The SMILES string of the molecule is C.C.CCCNc1nc(Cl)c2ccn(C)c2n1.CCCNc1nc(N2C3CCC2CC(O)C3)c2ccn(C)c2n1.CCCNc1nc2c(c(N3C4CCC3CC(O)C4)n1)CCN2C.C[C-](C)I.Cl.OC1CC2CCC(C1)N2.[V]. The van der Waals surface area contributed by atoms with Gasteiger partial charge in [-0.2, -0.15) is 38.8 Å². The molecule has 1 radical (unpaired) electrons. The molecule has 12 rings (SSSR count). The second-order valence-corrected chi connectivity index (χ2v) is 24.2. The van der Waals surface area contributed by atoms with Gasteiger partial charge in [-0.3, -0.25) is 3.92 Å². The normalized spacial score (nSPS) is 24.8. The van der Waals surface area contributed by atoms with Crippen LogP contribution >= 0.6 is 46.6 Å². The maximum Gasteiger partial charge on any atom is 0.226 e. The molecule has 6 saturated heterocycles. The van der Waals surface area contributed by atoms with Crippen LogP contribution < -0.4 is 36.0 Å². The summed E-state index contributed by atoms with van der Waals surface area (Å²) in [5.41, 5.74) is 3.12. The molecule has 7 aliphatic rings. The summed E-state index contributed by atoms with van der Waals surface area (Å²) in [5, 5.41) is 45.2. The van der Waals surface area contributed by atoms with Crippen molar-refractivity contribution in [2.45, 2.75) is 207 Å². The number of anilines is 6. The van der Waals surface area contributed by atoms with Gasteiger partial charge in [0.15, 0.2) is 0 Å². The molecule has 6 bridgehead atoms. The van der Waals surface area contributed by atoms with Gasteiger partial charge in [-0.25, -0.2) is 4.98 Å². The zero-order valence-corrected chi connectivity index (χ0v) is 51.1. The van der Waals surface area contributed by atoms with Crippen LogP contribution in [0, 0.1) is 3.92 Å². The molecule has 7 N–H and O–H groups in total. The van der Waals surface area contributed by atoms with E-state index in [0.717, 1.165) is 149 Å². The number of nitrogens with one attached hydrogen (secondary N) is 4. The van der Waals surface area contributed by atoms with Crippen LogP contribution in [0.4, 0.5) is 35.3 Å². The number of fused-ring (bicyclic) bond motifs is 9. The van der Waals surface area contributed by atoms with Crippen molar-refractivity contribution < 1.29 is 33.9 Å². The van der Waals surface area contributed by atoms with E-state index in [2.05, 4.69) is 126 Å². The molecule has 6 fully saturated rings. The molecular formula is C56H93Cl2IN15O3V-. The van der Waals surface area contributed by atoms with Crippen molar-refractivity contribution in [3.63, 3.8) is 0 Å². The molecule has 12 heterocycles. The van der Waals surface area contributed by atoms with Gasteiger partial charge in [-0.05, 0) is 115 Å². The van der Waals surface area contributed by atoms with Gasteiger partial charge >= 0.3 is 0 Å². The van der Waals surface area contributed by atoms with Crippen LogP contribution in [0.25, 0.3) is 22.1 Å². The van der Waals surface area contributed by atoms with E-state index in [-0.39, 0.29) is 64.1 Å². The summed E-state index contributed by atoms with van der Waals surface area (Å²) in [4.78, 5) is 34.9. The quantitative estimate of drug-likeness (QED) is 0.0373. The zero-order valence-electron chi connectivity index (χ0n) is 46.0. The first kappa shape index (κ1) is 67.4. The van der Waals surface area contributed by atoms with Crippen LogP contribution in [0.1, 0.15) is 151 Å². The van der Waals surface area contributed by atoms with Crippen molar-refractivity contribution in [3.8, 4) is 0 Å². The van der Waals surface area contributed by atoms with E-state index < -0.39 is 0 Å². The average Bonchev–Trinajstić information content (AvgIpc) is 4.25. The van der Waals surface area contributed by atoms with Crippen LogP contribution in [0.5, 0.6) is 0 Å². The molecule has 0 aliphatic carbocycles. The van der Waals surface area contributed by atoms with E-state index in [1.165, 1.54) is 35.2 Å². The summed E-state index contributed by atoms with van der Waals surface area (Å²) in [6.45, 7) is 14.2. The van der Waals surface area contributed by atoms with Crippen molar-refractivity contribution in [2.75, 3.05) is 63.9 Å². The molecule has 5 aromatic rings. The molecular weight excluding hydrogens is 1180 g/mol. The number of aliphatic hydroxyl groups is 3. The second-order valence-electron chi connectivity index (χ2n) is 21.6. The van der Waals surface area contributed by atoms with E-state index in [0.29, 0.717) is 53.3 Å². The van der Waals surface area contributed by atoms with E-state index >= 15 is 0 Å². The number of aliphatic hydroxyl groups excluding tert-OH is 3. The minimum Gasteiger partial charge on any atom is -0.393 e. The maximum absolute atomic E-state index is 10.1. The molecule has 78 heavy (non-hydrogen) atoms. The van der Waals surface area contributed by atoms with Crippen molar-refractivity contribution >= 4 is 104 Å². The minimum absolute atomic E-state index is 0. The molecule has 22 heteroatoms. The Labute approximate surface area is 502 Å². The molecule has 5 aromatic heterocycles. The fourth-order valence-corrected chi connectivity index (χ4v) is 12.2. The number of piperidine rings is 3. The van der Waals surface area contributed by atoms with E-state index in [1.807, 2.05) is 37.1 Å². The third kappa shape index (κ3) is 16.5. The Hall–Kier alpha value is -3.15. The van der Waals surface area contributed by atoms with Gasteiger partial charge in [0.05, 0.1) is 29.1 Å². The number of aryl methyl sites for hydroxylation is 2. The first-order chi connectivity index (χ1) is 35.6. The molecule has 6 atom stereocenters. The molecule has 7 aliphatic heterocycles. The number of rotatable bonds is 11. The van der Waals surface area contributed by atoms with Gasteiger partial charge in [0.2, 0.25) is 17.8 Å². The molecule has 6 unspecified atom stereocenters. The monoisotopic (exact) mass is 1270 g/mol. The third-order valence-corrected chi connectivity index (χ3v) is 15.6. The molecule has 0 saturated carbocycles. The van der Waals surface area contributed by atoms with Gasteiger partial charge in [0, 0.05) is 120 Å². The number of hydrogen-bond acceptors (Lipinski definition) is 16. The van der Waals surface area contributed by atoms with Gasteiger partial charge in [0.25, 0.3) is 0 Å². The molecule has 0 spiro atoms. The molecule has 0 amide bonds. The fourth-order valence-electron chi connectivity index (χ4n) is 12.0. The summed E-state index contributed by atoms with van der Waals surface area (Å²) in [7, 11) is 6.08. The van der Waals surface area contributed by atoms with Crippen molar-refractivity contribution in [1.29, 1.82) is 0 Å². The molecule has 437 valence electrons. The summed E-state index contributed by atoms with van der Waals surface area (Å²) >= 11 is 8.31. The molecule has 18 nitrogen and oxygen atoms in total. The zero-order chi connectivity index (χ0) is 52.6. The Morgan fingerprint density at radius 3 is 1.46 bits per heavy atom. The van der Waals surface area contributed by atoms with Crippen LogP contribution in [0.3, 0.4) is 0 Å². The van der Waals surface area contributed by atoms with Gasteiger partial charge in [-0.15, -0.1) is 12.4 Å². The van der Waals surface area contributed by atoms with Crippen molar-refractivity contribution in [1.82, 2.24) is 44.4 Å². The second kappa shape index (κ2) is 31.3.